The molecule has 6 nitrogen and oxygen atoms in total. The standard InChI is InChI=1S/C10H16N2O4S/c1-8-11-4-5-12(8)6-7-17(15,16)10(2,3)9(13)14/h4-5H,6-7H2,1-3H3,(H,13,14). The van der Waals surface area contributed by atoms with Crippen LogP contribution in [0.1, 0.15) is 19.7 Å². The van der Waals surface area contributed by atoms with Gasteiger partial charge in [-0.3, -0.25) is 4.79 Å². The molecule has 0 aromatic carbocycles. The van der Waals surface area contributed by atoms with E-state index in [1.807, 2.05) is 0 Å². The maximum Gasteiger partial charge on any atom is 0.324 e. The Labute approximate surface area is 100 Å². The molecule has 0 fully saturated rings. The maximum absolute atomic E-state index is 11.9. The molecule has 0 bridgehead atoms. The minimum Gasteiger partial charge on any atom is -0.480 e. The lowest BCUT2D eigenvalue weighted by atomic mass is 10.2. The van der Waals surface area contributed by atoms with Crippen molar-refractivity contribution in [3.63, 3.8) is 0 Å². The summed E-state index contributed by atoms with van der Waals surface area (Å²) < 4.78 is 23.7. The first-order valence-corrected chi connectivity index (χ1v) is 6.77. The second kappa shape index (κ2) is 4.48. The van der Waals surface area contributed by atoms with Crippen molar-refractivity contribution in [2.45, 2.75) is 32.1 Å². The molecule has 1 heterocycles. The molecule has 0 saturated carbocycles. The molecule has 0 amide bonds. The number of aryl methyl sites for hydroxylation is 2. The van der Waals surface area contributed by atoms with E-state index in [4.69, 9.17) is 5.11 Å². The summed E-state index contributed by atoms with van der Waals surface area (Å²) in [5, 5.41) is 8.89. The molecule has 0 spiro atoms. The second-order valence-corrected chi connectivity index (χ2v) is 6.96. The first kappa shape index (κ1) is 13.7. The SMILES string of the molecule is Cc1nccn1CCS(=O)(=O)C(C)(C)C(=O)O. The summed E-state index contributed by atoms with van der Waals surface area (Å²) in [5.41, 5.74) is 0. The van der Waals surface area contributed by atoms with Gasteiger partial charge in [0.25, 0.3) is 0 Å². The van der Waals surface area contributed by atoms with Crippen LogP contribution < -0.4 is 0 Å². The largest absolute Gasteiger partial charge is 0.480 e. The fourth-order valence-corrected chi connectivity index (χ4v) is 2.46. The van der Waals surface area contributed by atoms with Crippen molar-refractivity contribution in [2.24, 2.45) is 0 Å². The number of hydrogen-bond acceptors (Lipinski definition) is 4. The van der Waals surface area contributed by atoms with Crippen molar-refractivity contribution in [2.75, 3.05) is 5.75 Å². The van der Waals surface area contributed by atoms with Crippen LogP contribution in [-0.2, 0) is 21.2 Å². The van der Waals surface area contributed by atoms with Crippen molar-refractivity contribution in [3.8, 4) is 0 Å². The van der Waals surface area contributed by atoms with Crippen LogP contribution in [0.4, 0.5) is 0 Å². The summed E-state index contributed by atoms with van der Waals surface area (Å²) >= 11 is 0. The van der Waals surface area contributed by atoms with Gasteiger partial charge in [0.2, 0.25) is 0 Å². The van der Waals surface area contributed by atoms with E-state index in [-0.39, 0.29) is 12.3 Å². The highest BCUT2D eigenvalue weighted by Crippen LogP contribution is 2.18. The van der Waals surface area contributed by atoms with E-state index in [0.717, 1.165) is 0 Å². The molecule has 17 heavy (non-hydrogen) atoms. The van der Waals surface area contributed by atoms with Crippen LogP contribution in [0.3, 0.4) is 0 Å². The number of aromatic nitrogens is 2. The molecule has 1 rings (SSSR count). The van der Waals surface area contributed by atoms with Gasteiger partial charge >= 0.3 is 5.97 Å². The molecule has 96 valence electrons. The van der Waals surface area contributed by atoms with E-state index in [1.54, 1.807) is 23.9 Å². The Morgan fingerprint density at radius 3 is 2.53 bits per heavy atom. The van der Waals surface area contributed by atoms with Crippen molar-refractivity contribution >= 4 is 15.8 Å². The highest BCUT2D eigenvalue weighted by atomic mass is 32.2. The summed E-state index contributed by atoms with van der Waals surface area (Å²) in [6.45, 7) is 4.37. The van der Waals surface area contributed by atoms with Crippen LogP contribution in [0.25, 0.3) is 0 Å². The van der Waals surface area contributed by atoms with Crippen molar-refractivity contribution < 1.29 is 18.3 Å². The Morgan fingerprint density at radius 1 is 1.53 bits per heavy atom. The third kappa shape index (κ3) is 2.66. The van der Waals surface area contributed by atoms with Gasteiger partial charge in [0.05, 0.1) is 5.75 Å². The Hall–Kier alpha value is -1.37. The highest BCUT2D eigenvalue weighted by Gasteiger charge is 2.41. The van der Waals surface area contributed by atoms with Gasteiger partial charge in [-0.05, 0) is 20.8 Å². The molecule has 0 atom stereocenters. The molecule has 0 aliphatic carbocycles. The average molecular weight is 260 g/mol. The fraction of sp³-hybridized carbons (Fsp3) is 0.600. The van der Waals surface area contributed by atoms with Crippen LogP contribution in [0, 0.1) is 6.92 Å². The zero-order valence-electron chi connectivity index (χ0n) is 10.0. The summed E-state index contributed by atoms with van der Waals surface area (Å²) in [4.78, 5) is 14.9. The molecule has 0 saturated heterocycles. The van der Waals surface area contributed by atoms with Gasteiger partial charge in [-0.1, -0.05) is 0 Å². The van der Waals surface area contributed by atoms with Gasteiger partial charge in [-0.2, -0.15) is 0 Å². The second-order valence-electron chi connectivity index (χ2n) is 4.30. The number of carboxylic acids is 1. The van der Waals surface area contributed by atoms with Gasteiger partial charge < -0.3 is 9.67 Å². The molecule has 7 heteroatoms. The molecule has 0 aliphatic rings. The monoisotopic (exact) mass is 260 g/mol. The van der Waals surface area contributed by atoms with Gasteiger partial charge in [-0.25, -0.2) is 13.4 Å². The number of nitrogens with zero attached hydrogens (tertiary/aromatic N) is 2. The third-order valence-electron chi connectivity index (χ3n) is 2.82. The molecule has 1 aromatic rings. The van der Waals surface area contributed by atoms with Crippen LogP contribution in [-0.4, -0.2) is 39.5 Å². The lowest BCUT2D eigenvalue weighted by molar-refractivity contribution is -0.139. The van der Waals surface area contributed by atoms with E-state index < -0.39 is 20.6 Å². The van der Waals surface area contributed by atoms with E-state index in [1.165, 1.54) is 13.8 Å². The summed E-state index contributed by atoms with van der Waals surface area (Å²) in [6, 6.07) is 0. The predicted molar refractivity (Wildman–Crippen MR) is 62.5 cm³/mol. The fourth-order valence-electron chi connectivity index (χ4n) is 1.25. The Balaban J connectivity index is 2.82. The topological polar surface area (TPSA) is 89.3 Å². The lowest BCUT2D eigenvalue weighted by Crippen LogP contribution is -2.42. The Morgan fingerprint density at radius 2 is 2.12 bits per heavy atom. The zero-order chi connectivity index (χ0) is 13.3. The molecular weight excluding hydrogens is 244 g/mol. The van der Waals surface area contributed by atoms with E-state index >= 15 is 0 Å². The number of aliphatic carboxylic acids is 1. The lowest BCUT2D eigenvalue weighted by Gasteiger charge is -2.19. The molecule has 0 radical (unpaired) electrons. The number of imidazole rings is 1. The minimum absolute atomic E-state index is 0.213. The first-order valence-electron chi connectivity index (χ1n) is 5.12. The Kier molecular flexibility index (Phi) is 3.61. The molecule has 0 aliphatic heterocycles. The molecular formula is C10H16N2O4S. The van der Waals surface area contributed by atoms with Crippen LogP contribution >= 0.6 is 0 Å². The van der Waals surface area contributed by atoms with Gasteiger partial charge in [-0.15, -0.1) is 0 Å². The van der Waals surface area contributed by atoms with Crippen LogP contribution in [0.15, 0.2) is 12.4 Å². The van der Waals surface area contributed by atoms with Crippen molar-refractivity contribution in [1.29, 1.82) is 0 Å². The number of carboxylic acid groups (broad SMARTS) is 1. The zero-order valence-corrected chi connectivity index (χ0v) is 10.9. The predicted octanol–water partition coefficient (Wildman–Crippen LogP) is 0.470. The summed E-state index contributed by atoms with van der Waals surface area (Å²) in [7, 11) is -3.70. The molecule has 0 unspecified atom stereocenters. The number of carbonyl (C=O) groups is 1. The smallest absolute Gasteiger partial charge is 0.324 e. The highest BCUT2D eigenvalue weighted by molar-refractivity contribution is 7.93. The van der Waals surface area contributed by atoms with E-state index in [9.17, 15) is 13.2 Å². The minimum atomic E-state index is -3.70. The first-order chi connectivity index (χ1) is 7.68. The van der Waals surface area contributed by atoms with Gasteiger partial charge in [0.15, 0.2) is 14.6 Å². The third-order valence-corrected chi connectivity index (χ3v) is 5.27. The van der Waals surface area contributed by atoms with Crippen LogP contribution in [0.2, 0.25) is 0 Å². The number of rotatable bonds is 5. The van der Waals surface area contributed by atoms with Crippen molar-refractivity contribution in [3.05, 3.63) is 18.2 Å². The van der Waals surface area contributed by atoms with Gasteiger partial charge in [0.1, 0.15) is 5.82 Å². The number of sulfone groups is 1. The number of hydrogen-bond donors (Lipinski definition) is 1. The van der Waals surface area contributed by atoms with E-state index in [0.29, 0.717) is 5.82 Å². The Bertz CT molecular complexity index is 516. The quantitative estimate of drug-likeness (QED) is 0.831. The van der Waals surface area contributed by atoms with Gasteiger partial charge in [0, 0.05) is 18.9 Å². The summed E-state index contributed by atoms with van der Waals surface area (Å²) in [5.74, 6) is -0.850. The van der Waals surface area contributed by atoms with E-state index in [2.05, 4.69) is 4.98 Å². The average Bonchev–Trinajstić information content (AvgIpc) is 2.60. The molecule has 1 aromatic heterocycles. The normalized spacial score (nSPS) is 12.6. The summed E-state index contributed by atoms with van der Waals surface area (Å²) in [6.07, 6.45) is 3.24. The maximum atomic E-state index is 11.9. The molecule has 1 N–H and O–H groups in total. The van der Waals surface area contributed by atoms with Crippen molar-refractivity contribution in [1.82, 2.24) is 9.55 Å². The van der Waals surface area contributed by atoms with Crippen LogP contribution in [0.5, 0.6) is 0 Å².